The van der Waals surface area contributed by atoms with Gasteiger partial charge < -0.3 is 5.73 Å². The fourth-order valence-electron chi connectivity index (χ4n) is 1.23. The number of hydrogen-bond acceptors (Lipinski definition) is 3. The van der Waals surface area contributed by atoms with Crippen molar-refractivity contribution in [1.29, 1.82) is 0 Å². The lowest BCUT2D eigenvalue weighted by molar-refractivity contribution is 0.579. The Balaban J connectivity index is 2.90. The van der Waals surface area contributed by atoms with E-state index in [1.165, 1.54) is 18.2 Å². The quantitative estimate of drug-likeness (QED) is 0.630. The van der Waals surface area contributed by atoms with Gasteiger partial charge >= 0.3 is 0 Å². The van der Waals surface area contributed by atoms with Crippen molar-refractivity contribution in [3.63, 3.8) is 0 Å². The molecule has 1 rings (SSSR count). The van der Waals surface area contributed by atoms with E-state index < -0.39 is 10.0 Å². The molecule has 90 valence electrons. The molecule has 0 aliphatic rings. The standard InChI is InChI=1S/C10H15ClN2O2S/c1-2-3-6-13-16(14,15)10-5-4-8(11)7-9(10)12/h4-5,7,13H,2-3,6,12H2,1H3. The van der Waals surface area contributed by atoms with Gasteiger partial charge in [0.05, 0.1) is 5.69 Å². The molecular formula is C10H15ClN2O2S. The second-order valence-electron chi connectivity index (χ2n) is 3.43. The van der Waals surface area contributed by atoms with Gasteiger partial charge in [-0.2, -0.15) is 0 Å². The summed E-state index contributed by atoms with van der Waals surface area (Å²) in [4.78, 5) is 0.0769. The van der Waals surface area contributed by atoms with Crippen molar-refractivity contribution in [2.24, 2.45) is 0 Å². The van der Waals surface area contributed by atoms with Gasteiger partial charge in [0.2, 0.25) is 10.0 Å². The first-order valence-corrected chi connectivity index (χ1v) is 6.88. The van der Waals surface area contributed by atoms with Gasteiger partial charge in [-0.3, -0.25) is 0 Å². The Hall–Kier alpha value is -0.780. The Morgan fingerprint density at radius 2 is 2.12 bits per heavy atom. The Kier molecular flexibility index (Phi) is 4.58. The van der Waals surface area contributed by atoms with E-state index in [0.29, 0.717) is 11.6 Å². The van der Waals surface area contributed by atoms with E-state index in [0.717, 1.165) is 12.8 Å². The van der Waals surface area contributed by atoms with Crippen molar-refractivity contribution in [1.82, 2.24) is 4.72 Å². The van der Waals surface area contributed by atoms with Gasteiger partial charge in [0.15, 0.2) is 0 Å². The van der Waals surface area contributed by atoms with Crippen LogP contribution in [0.15, 0.2) is 23.1 Å². The molecule has 0 amide bonds. The fourth-order valence-corrected chi connectivity index (χ4v) is 2.59. The summed E-state index contributed by atoms with van der Waals surface area (Å²) in [6.45, 7) is 2.41. The highest BCUT2D eigenvalue weighted by atomic mass is 35.5. The van der Waals surface area contributed by atoms with E-state index in [-0.39, 0.29) is 10.6 Å². The third-order valence-corrected chi connectivity index (χ3v) is 3.85. The number of nitrogens with one attached hydrogen (secondary N) is 1. The molecule has 0 aliphatic carbocycles. The molecule has 4 nitrogen and oxygen atoms in total. The maximum Gasteiger partial charge on any atom is 0.242 e. The first kappa shape index (κ1) is 13.3. The predicted octanol–water partition coefficient (Wildman–Crippen LogP) is 2.00. The molecule has 0 heterocycles. The lowest BCUT2D eigenvalue weighted by Gasteiger charge is -2.08. The van der Waals surface area contributed by atoms with Crippen LogP contribution >= 0.6 is 11.6 Å². The molecule has 0 saturated heterocycles. The Morgan fingerprint density at radius 3 is 2.69 bits per heavy atom. The van der Waals surface area contributed by atoms with Crippen LogP contribution in [0.5, 0.6) is 0 Å². The zero-order valence-corrected chi connectivity index (χ0v) is 10.6. The van der Waals surface area contributed by atoms with Crippen molar-refractivity contribution in [2.45, 2.75) is 24.7 Å². The van der Waals surface area contributed by atoms with Gasteiger partial charge in [-0.15, -0.1) is 0 Å². The van der Waals surface area contributed by atoms with E-state index in [1.807, 2.05) is 6.92 Å². The summed E-state index contributed by atoms with van der Waals surface area (Å²) in [5, 5.41) is 0.421. The normalized spacial score (nSPS) is 11.6. The summed E-state index contributed by atoms with van der Waals surface area (Å²) in [5.41, 5.74) is 5.77. The molecule has 3 N–H and O–H groups in total. The summed E-state index contributed by atoms with van der Waals surface area (Å²) in [7, 11) is -3.51. The van der Waals surface area contributed by atoms with Crippen LogP contribution in [-0.2, 0) is 10.0 Å². The first-order valence-electron chi connectivity index (χ1n) is 5.02. The summed E-state index contributed by atoms with van der Waals surface area (Å²) >= 11 is 5.70. The zero-order valence-electron chi connectivity index (χ0n) is 9.03. The lowest BCUT2D eigenvalue weighted by atomic mass is 10.3. The van der Waals surface area contributed by atoms with E-state index in [1.54, 1.807) is 0 Å². The van der Waals surface area contributed by atoms with Crippen LogP contribution < -0.4 is 10.5 Å². The molecule has 0 atom stereocenters. The molecule has 0 aromatic heterocycles. The van der Waals surface area contributed by atoms with Crippen molar-refractivity contribution in [2.75, 3.05) is 12.3 Å². The SMILES string of the molecule is CCCCNS(=O)(=O)c1ccc(Cl)cc1N. The summed E-state index contributed by atoms with van der Waals surface area (Å²) < 4.78 is 26.1. The van der Waals surface area contributed by atoms with Crippen molar-refractivity contribution in [3.05, 3.63) is 23.2 Å². The molecule has 1 aromatic carbocycles. The molecule has 6 heteroatoms. The van der Waals surface area contributed by atoms with Crippen molar-refractivity contribution in [3.8, 4) is 0 Å². The first-order chi connectivity index (χ1) is 7.47. The van der Waals surface area contributed by atoms with E-state index in [4.69, 9.17) is 17.3 Å². The molecule has 0 bridgehead atoms. The number of sulfonamides is 1. The highest BCUT2D eigenvalue weighted by Crippen LogP contribution is 2.22. The lowest BCUT2D eigenvalue weighted by Crippen LogP contribution is -2.25. The minimum absolute atomic E-state index is 0.0769. The van der Waals surface area contributed by atoms with Gasteiger partial charge in [-0.1, -0.05) is 24.9 Å². The van der Waals surface area contributed by atoms with Crippen molar-refractivity contribution >= 4 is 27.3 Å². The number of nitrogens with two attached hydrogens (primary N) is 1. The molecule has 0 aliphatic heterocycles. The van der Waals surface area contributed by atoms with E-state index in [2.05, 4.69) is 4.72 Å². The second kappa shape index (κ2) is 5.52. The van der Waals surface area contributed by atoms with Crippen LogP contribution in [0.3, 0.4) is 0 Å². The average molecular weight is 263 g/mol. The number of benzene rings is 1. The van der Waals surface area contributed by atoms with E-state index >= 15 is 0 Å². The molecule has 0 unspecified atom stereocenters. The number of hydrogen-bond donors (Lipinski definition) is 2. The van der Waals surface area contributed by atoms with Crippen LogP contribution in [0, 0.1) is 0 Å². The minimum atomic E-state index is -3.51. The highest BCUT2D eigenvalue weighted by molar-refractivity contribution is 7.89. The van der Waals surface area contributed by atoms with Crippen LogP contribution in [0.4, 0.5) is 5.69 Å². The van der Waals surface area contributed by atoms with Gasteiger partial charge in [0.1, 0.15) is 4.90 Å². The molecule has 0 saturated carbocycles. The Labute approximate surface area is 101 Å². The van der Waals surface area contributed by atoms with Gasteiger partial charge in [0, 0.05) is 11.6 Å². The van der Waals surface area contributed by atoms with Gasteiger partial charge in [-0.05, 0) is 24.6 Å². The smallest absolute Gasteiger partial charge is 0.242 e. The number of unbranched alkanes of at least 4 members (excludes halogenated alkanes) is 1. The Bertz CT molecular complexity index is 460. The molecule has 0 radical (unpaired) electrons. The molecule has 0 fully saturated rings. The van der Waals surface area contributed by atoms with Crippen LogP contribution in [0.1, 0.15) is 19.8 Å². The van der Waals surface area contributed by atoms with E-state index in [9.17, 15) is 8.42 Å². The second-order valence-corrected chi connectivity index (χ2v) is 5.61. The summed E-state index contributed by atoms with van der Waals surface area (Å²) in [5.74, 6) is 0. The van der Waals surface area contributed by atoms with Crippen molar-refractivity contribution < 1.29 is 8.42 Å². The van der Waals surface area contributed by atoms with Gasteiger partial charge in [-0.25, -0.2) is 13.1 Å². The number of anilines is 1. The minimum Gasteiger partial charge on any atom is -0.398 e. The van der Waals surface area contributed by atoms with Crippen LogP contribution in [0.25, 0.3) is 0 Å². The highest BCUT2D eigenvalue weighted by Gasteiger charge is 2.16. The Morgan fingerprint density at radius 1 is 1.44 bits per heavy atom. The maximum atomic E-state index is 11.8. The van der Waals surface area contributed by atoms with Crippen LogP contribution in [0.2, 0.25) is 5.02 Å². The third-order valence-electron chi connectivity index (χ3n) is 2.08. The topological polar surface area (TPSA) is 72.2 Å². The van der Waals surface area contributed by atoms with Gasteiger partial charge in [0.25, 0.3) is 0 Å². The zero-order chi connectivity index (χ0) is 12.2. The molecular weight excluding hydrogens is 248 g/mol. The summed E-state index contributed by atoms with van der Waals surface area (Å²) in [6, 6.07) is 4.34. The molecule has 0 spiro atoms. The largest absolute Gasteiger partial charge is 0.398 e. The monoisotopic (exact) mass is 262 g/mol. The molecule has 16 heavy (non-hydrogen) atoms. The third kappa shape index (κ3) is 3.37. The van der Waals surface area contributed by atoms with Crippen LogP contribution in [-0.4, -0.2) is 15.0 Å². The number of nitrogen functional groups attached to an aromatic ring is 1. The fraction of sp³-hybridized carbons (Fsp3) is 0.400. The number of rotatable bonds is 5. The predicted molar refractivity (Wildman–Crippen MR) is 66.0 cm³/mol. The number of halogens is 1. The maximum absolute atomic E-state index is 11.8. The molecule has 1 aromatic rings. The summed E-state index contributed by atoms with van der Waals surface area (Å²) in [6.07, 6.45) is 1.73. The average Bonchev–Trinajstić information content (AvgIpc) is 2.17.